The van der Waals surface area contributed by atoms with Crippen LogP contribution in [0.4, 0.5) is 5.82 Å². The zero-order valence-electron chi connectivity index (χ0n) is 10.2. The molecule has 8 heteroatoms. The highest BCUT2D eigenvalue weighted by atomic mass is 16.2. The highest BCUT2D eigenvalue weighted by molar-refractivity contribution is 6.00. The summed E-state index contributed by atoms with van der Waals surface area (Å²) in [4.78, 5) is 27.7. The fourth-order valence-corrected chi connectivity index (χ4v) is 1.53. The van der Waals surface area contributed by atoms with Crippen molar-refractivity contribution in [2.75, 3.05) is 5.32 Å². The summed E-state index contributed by atoms with van der Waals surface area (Å²) < 4.78 is 1.57. The van der Waals surface area contributed by atoms with Gasteiger partial charge >= 0.3 is 0 Å². The van der Waals surface area contributed by atoms with E-state index in [0.29, 0.717) is 11.6 Å². The number of hydrogen-bond donors (Lipinski definition) is 1. The Bertz CT molecular complexity index is 712. The Morgan fingerprint density at radius 3 is 2.65 bits per heavy atom. The molecule has 8 nitrogen and oxygen atoms in total. The first-order valence-electron chi connectivity index (χ1n) is 5.73. The van der Waals surface area contributed by atoms with E-state index < -0.39 is 5.91 Å². The van der Waals surface area contributed by atoms with Gasteiger partial charge in [0.15, 0.2) is 5.82 Å². The van der Waals surface area contributed by atoms with Gasteiger partial charge in [0.05, 0.1) is 0 Å². The average Bonchev–Trinajstić information content (AvgIpc) is 3.03. The Hall–Kier alpha value is -3.16. The maximum Gasteiger partial charge on any atom is 0.294 e. The Kier molecular flexibility index (Phi) is 3.11. The lowest BCUT2D eigenvalue weighted by Crippen LogP contribution is -2.16. The van der Waals surface area contributed by atoms with Crippen molar-refractivity contribution >= 4 is 11.7 Å². The van der Waals surface area contributed by atoms with Crippen LogP contribution in [0.25, 0.3) is 5.82 Å². The van der Waals surface area contributed by atoms with Gasteiger partial charge in [-0.25, -0.2) is 24.6 Å². The number of amides is 1. The molecule has 3 aromatic rings. The number of carbonyl (C=O) groups excluding carboxylic acids is 1. The Morgan fingerprint density at radius 2 is 1.90 bits per heavy atom. The molecule has 0 saturated heterocycles. The zero-order valence-corrected chi connectivity index (χ0v) is 10.2. The molecule has 0 aliphatic heterocycles. The lowest BCUT2D eigenvalue weighted by molar-refractivity contribution is 0.101. The van der Waals surface area contributed by atoms with Crippen molar-refractivity contribution in [3.8, 4) is 5.82 Å². The van der Waals surface area contributed by atoms with Gasteiger partial charge in [-0.3, -0.25) is 4.79 Å². The molecule has 0 bridgehead atoms. The van der Waals surface area contributed by atoms with Crippen LogP contribution >= 0.6 is 0 Å². The quantitative estimate of drug-likeness (QED) is 0.750. The molecule has 20 heavy (non-hydrogen) atoms. The summed E-state index contributed by atoms with van der Waals surface area (Å²) in [6.45, 7) is 0. The molecule has 0 aromatic carbocycles. The van der Waals surface area contributed by atoms with Gasteiger partial charge in [-0.1, -0.05) is 0 Å². The molecule has 0 spiro atoms. The average molecular weight is 267 g/mol. The highest BCUT2D eigenvalue weighted by Gasteiger charge is 2.10. The number of nitrogens with one attached hydrogen (secondary N) is 1. The summed E-state index contributed by atoms with van der Waals surface area (Å²) in [5.41, 5.74) is 0. The highest BCUT2D eigenvalue weighted by Crippen LogP contribution is 2.08. The van der Waals surface area contributed by atoms with Crippen molar-refractivity contribution in [2.24, 2.45) is 0 Å². The van der Waals surface area contributed by atoms with Crippen LogP contribution in [-0.2, 0) is 0 Å². The molecule has 0 atom stereocenters. The van der Waals surface area contributed by atoms with Crippen molar-refractivity contribution in [1.82, 2.24) is 29.7 Å². The van der Waals surface area contributed by atoms with E-state index in [-0.39, 0.29) is 5.82 Å². The fourth-order valence-electron chi connectivity index (χ4n) is 1.53. The van der Waals surface area contributed by atoms with Gasteiger partial charge in [0.2, 0.25) is 5.82 Å². The molecule has 0 aliphatic rings. The van der Waals surface area contributed by atoms with Crippen molar-refractivity contribution in [1.29, 1.82) is 0 Å². The molecular formula is C12H9N7O. The molecule has 3 rings (SSSR count). The summed E-state index contributed by atoms with van der Waals surface area (Å²) in [5.74, 6) is 0.541. The molecule has 0 fully saturated rings. The molecule has 0 unspecified atom stereocenters. The predicted octanol–water partition coefficient (Wildman–Crippen LogP) is 0.705. The fraction of sp³-hybridized carbons (Fsp3) is 0. The first kappa shape index (κ1) is 11.9. The van der Waals surface area contributed by atoms with E-state index in [0.717, 1.165) is 0 Å². The molecule has 0 saturated carbocycles. The summed E-state index contributed by atoms with van der Waals surface area (Å²) in [6.07, 6.45) is 7.72. The maximum atomic E-state index is 11.9. The van der Waals surface area contributed by atoms with E-state index in [1.807, 2.05) is 0 Å². The van der Waals surface area contributed by atoms with Gasteiger partial charge in [-0.2, -0.15) is 5.10 Å². The molecule has 1 amide bonds. The lowest BCUT2D eigenvalue weighted by atomic mass is 10.4. The largest absolute Gasteiger partial charge is 0.304 e. The number of nitrogens with zero attached hydrogens (tertiary/aromatic N) is 6. The summed E-state index contributed by atoms with van der Waals surface area (Å²) in [6, 6.07) is 5.02. The van der Waals surface area contributed by atoms with Crippen LogP contribution in [0.2, 0.25) is 0 Å². The molecule has 0 aliphatic carbocycles. The van der Waals surface area contributed by atoms with Crippen molar-refractivity contribution in [3.63, 3.8) is 0 Å². The van der Waals surface area contributed by atoms with Crippen molar-refractivity contribution < 1.29 is 4.79 Å². The van der Waals surface area contributed by atoms with E-state index >= 15 is 0 Å². The van der Waals surface area contributed by atoms with Crippen LogP contribution in [0.5, 0.6) is 0 Å². The van der Waals surface area contributed by atoms with Crippen LogP contribution < -0.4 is 5.32 Å². The monoisotopic (exact) mass is 267 g/mol. The first-order valence-corrected chi connectivity index (χ1v) is 5.73. The molecular weight excluding hydrogens is 258 g/mol. The van der Waals surface area contributed by atoms with Gasteiger partial charge in [-0.15, -0.1) is 0 Å². The van der Waals surface area contributed by atoms with E-state index in [1.54, 1.807) is 35.3 Å². The van der Waals surface area contributed by atoms with E-state index in [2.05, 4.69) is 30.4 Å². The Balaban J connectivity index is 1.82. The summed E-state index contributed by atoms with van der Waals surface area (Å²) in [5, 5.41) is 6.66. The Morgan fingerprint density at radius 1 is 1.05 bits per heavy atom. The van der Waals surface area contributed by atoms with Crippen LogP contribution in [0.1, 0.15) is 10.6 Å². The minimum Gasteiger partial charge on any atom is -0.304 e. The standard InChI is InChI=1S/C12H9N7O/c20-12(11-13-3-1-4-14-11)18-9-7-10(16-8-15-9)19-6-2-5-17-19/h1-8H,(H,15,16,18,20). The third kappa shape index (κ3) is 2.48. The van der Waals surface area contributed by atoms with Crippen molar-refractivity contribution in [2.45, 2.75) is 0 Å². The number of rotatable bonds is 3. The molecule has 98 valence electrons. The van der Waals surface area contributed by atoms with Crippen molar-refractivity contribution in [3.05, 3.63) is 55.1 Å². The van der Waals surface area contributed by atoms with Gasteiger partial charge < -0.3 is 5.32 Å². The smallest absolute Gasteiger partial charge is 0.294 e. The number of anilines is 1. The van der Waals surface area contributed by atoms with Crippen LogP contribution in [-0.4, -0.2) is 35.6 Å². The summed E-state index contributed by atoms with van der Waals surface area (Å²) in [7, 11) is 0. The second-order valence-electron chi connectivity index (χ2n) is 3.74. The zero-order chi connectivity index (χ0) is 13.8. The third-order valence-electron chi connectivity index (χ3n) is 2.40. The number of hydrogen-bond acceptors (Lipinski definition) is 6. The Labute approximate surface area is 113 Å². The first-order chi connectivity index (χ1) is 9.83. The SMILES string of the molecule is O=C(Nc1cc(-n2cccn2)ncn1)c1ncccn1. The molecule has 0 radical (unpaired) electrons. The van der Waals surface area contributed by atoms with Gasteiger partial charge in [0.1, 0.15) is 12.1 Å². The summed E-state index contributed by atoms with van der Waals surface area (Å²) >= 11 is 0. The van der Waals surface area contributed by atoms with Gasteiger partial charge in [-0.05, 0) is 12.1 Å². The predicted molar refractivity (Wildman–Crippen MR) is 69.1 cm³/mol. The molecule has 3 aromatic heterocycles. The van der Waals surface area contributed by atoms with E-state index in [9.17, 15) is 4.79 Å². The lowest BCUT2D eigenvalue weighted by Gasteiger charge is -2.04. The van der Waals surface area contributed by atoms with Crippen LogP contribution in [0.15, 0.2) is 49.3 Å². The topological polar surface area (TPSA) is 98.5 Å². The van der Waals surface area contributed by atoms with E-state index in [4.69, 9.17) is 0 Å². The second kappa shape index (κ2) is 5.22. The van der Waals surface area contributed by atoms with E-state index in [1.165, 1.54) is 18.7 Å². The van der Waals surface area contributed by atoms with Crippen LogP contribution in [0.3, 0.4) is 0 Å². The normalized spacial score (nSPS) is 10.2. The maximum absolute atomic E-state index is 11.9. The van der Waals surface area contributed by atoms with Crippen LogP contribution in [0, 0.1) is 0 Å². The number of aromatic nitrogens is 6. The van der Waals surface area contributed by atoms with Gasteiger partial charge in [0.25, 0.3) is 5.91 Å². The molecule has 3 heterocycles. The number of carbonyl (C=O) groups is 1. The minimum absolute atomic E-state index is 0.0757. The molecule has 1 N–H and O–H groups in total. The minimum atomic E-state index is -0.435. The second-order valence-corrected chi connectivity index (χ2v) is 3.74. The third-order valence-corrected chi connectivity index (χ3v) is 2.40. The van der Waals surface area contributed by atoms with Gasteiger partial charge in [0, 0.05) is 30.9 Å².